The zero-order valence-electron chi connectivity index (χ0n) is 7.64. The lowest BCUT2D eigenvalue weighted by molar-refractivity contribution is 0.496. The van der Waals surface area contributed by atoms with Crippen molar-refractivity contribution in [3.63, 3.8) is 0 Å². The lowest BCUT2D eigenvalue weighted by Crippen LogP contribution is -2.46. The van der Waals surface area contributed by atoms with Crippen LogP contribution in [0.25, 0.3) is 0 Å². The maximum Gasteiger partial charge on any atom is 0.0256 e. The summed E-state index contributed by atoms with van der Waals surface area (Å²) in [6.07, 6.45) is 2.83. The SMILES string of the molecule is CC1(CNC2CSC2)CCCS1. The Kier molecular flexibility index (Phi) is 2.93. The monoisotopic (exact) mass is 203 g/mol. The molecule has 2 heterocycles. The maximum absolute atomic E-state index is 3.66. The van der Waals surface area contributed by atoms with E-state index in [9.17, 15) is 0 Å². The van der Waals surface area contributed by atoms with Gasteiger partial charge in [0.25, 0.3) is 0 Å². The fourth-order valence-electron chi connectivity index (χ4n) is 1.69. The summed E-state index contributed by atoms with van der Waals surface area (Å²) in [5.74, 6) is 4.04. The third-order valence-electron chi connectivity index (χ3n) is 2.70. The molecule has 1 atom stereocenters. The van der Waals surface area contributed by atoms with Crippen molar-refractivity contribution < 1.29 is 0 Å². The van der Waals surface area contributed by atoms with E-state index < -0.39 is 0 Å². The quantitative estimate of drug-likeness (QED) is 0.753. The van der Waals surface area contributed by atoms with Crippen LogP contribution < -0.4 is 5.32 Å². The molecule has 12 heavy (non-hydrogen) atoms. The summed E-state index contributed by atoms with van der Waals surface area (Å²) in [5, 5.41) is 3.66. The largest absolute Gasteiger partial charge is 0.311 e. The fourth-order valence-corrected chi connectivity index (χ4v) is 3.65. The predicted octanol–water partition coefficient (Wildman–Crippen LogP) is 1.98. The van der Waals surface area contributed by atoms with Crippen LogP contribution in [-0.4, -0.2) is 34.6 Å². The molecule has 0 aromatic rings. The molecule has 0 aromatic heterocycles. The summed E-state index contributed by atoms with van der Waals surface area (Å²) in [6, 6.07) is 0.827. The Morgan fingerprint density at radius 2 is 2.33 bits per heavy atom. The van der Waals surface area contributed by atoms with Gasteiger partial charge in [0, 0.05) is 28.8 Å². The molecule has 70 valence electrons. The van der Waals surface area contributed by atoms with Crippen molar-refractivity contribution in [3.8, 4) is 0 Å². The summed E-state index contributed by atoms with van der Waals surface area (Å²) < 4.78 is 0.556. The Morgan fingerprint density at radius 3 is 2.83 bits per heavy atom. The molecule has 2 saturated heterocycles. The molecule has 0 spiro atoms. The van der Waals surface area contributed by atoms with Crippen LogP contribution in [0.5, 0.6) is 0 Å². The number of rotatable bonds is 3. The van der Waals surface area contributed by atoms with E-state index in [-0.39, 0.29) is 0 Å². The lowest BCUT2D eigenvalue weighted by atomic mass is 10.1. The average molecular weight is 203 g/mol. The Hall–Kier alpha value is 0.660. The highest BCUT2D eigenvalue weighted by atomic mass is 32.2. The minimum Gasteiger partial charge on any atom is -0.311 e. The van der Waals surface area contributed by atoms with Gasteiger partial charge in [0.05, 0.1) is 0 Å². The Balaban J connectivity index is 1.70. The van der Waals surface area contributed by atoms with Gasteiger partial charge in [-0.15, -0.1) is 0 Å². The molecule has 0 bridgehead atoms. The van der Waals surface area contributed by atoms with E-state index in [4.69, 9.17) is 0 Å². The minimum absolute atomic E-state index is 0.556. The van der Waals surface area contributed by atoms with Crippen molar-refractivity contribution in [1.29, 1.82) is 0 Å². The molecule has 3 heteroatoms. The third-order valence-corrected chi connectivity index (χ3v) is 5.52. The summed E-state index contributed by atoms with van der Waals surface area (Å²) in [6.45, 7) is 3.63. The molecule has 2 rings (SSSR count). The molecular weight excluding hydrogens is 186 g/mol. The number of hydrogen-bond donors (Lipinski definition) is 1. The highest BCUT2D eigenvalue weighted by Gasteiger charge is 2.30. The van der Waals surface area contributed by atoms with Crippen LogP contribution in [-0.2, 0) is 0 Å². The molecular formula is C9H17NS2. The van der Waals surface area contributed by atoms with Crippen LogP contribution in [0.15, 0.2) is 0 Å². The second-order valence-electron chi connectivity index (χ2n) is 4.02. The Morgan fingerprint density at radius 1 is 1.50 bits per heavy atom. The number of thioether (sulfide) groups is 2. The van der Waals surface area contributed by atoms with Gasteiger partial charge in [0.2, 0.25) is 0 Å². The standard InChI is InChI=1S/C9H17NS2/c1-9(3-2-4-12-9)7-10-8-5-11-6-8/h8,10H,2-7H2,1H3. The van der Waals surface area contributed by atoms with Gasteiger partial charge in [0.1, 0.15) is 0 Å². The third kappa shape index (κ3) is 2.12. The molecule has 0 saturated carbocycles. The van der Waals surface area contributed by atoms with Gasteiger partial charge in [-0.25, -0.2) is 0 Å². The second kappa shape index (κ2) is 3.81. The highest BCUT2D eigenvalue weighted by Crippen LogP contribution is 2.37. The summed E-state index contributed by atoms with van der Waals surface area (Å²) >= 11 is 4.21. The van der Waals surface area contributed by atoms with E-state index in [1.54, 1.807) is 0 Å². The summed E-state index contributed by atoms with van der Waals surface area (Å²) in [7, 11) is 0. The van der Waals surface area contributed by atoms with Gasteiger partial charge >= 0.3 is 0 Å². The topological polar surface area (TPSA) is 12.0 Å². The molecule has 1 unspecified atom stereocenters. The molecule has 0 aromatic carbocycles. The van der Waals surface area contributed by atoms with Gasteiger partial charge in [-0.2, -0.15) is 23.5 Å². The average Bonchev–Trinajstić information content (AvgIpc) is 2.33. The van der Waals surface area contributed by atoms with E-state index >= 15 is 0 Å². The first-order valence-corrected chi connectivity index (χ1v) is 6.88. The van der Waals surface area contributed by atoms with E-state index in [2.05, 4.69) is 35.8 Å². The summed E-state index contributed by atoms with van der Waals surface area (Å²) in [4.78, 5) is 0. The predicted molar refractivity (Wildman–Crippen MR) is 59.2 cm³/mol. The second-order valence-corrected chi connectivity index (χ2v) is 6.77. The van der Waals surface area contributed by atoms with E-state index in [1.165, 1.54) is 36.6 Å². The van der Waals surface area contributed by atoms with E-state index in [0.717, 1.165) is 6.04 Å². The van der Waals surface area contributed by atoms with Crippen LogP contribution in [0.4, 0.5) is 0 Å². The van der Waals surface area contributed by atoms with Gasteiger partial charge in [0.15, 0.2) is 0 Å². The van der Waals surface area contributed by atoms with Crippen molar-refractivity contribution in [2.45, 2.75) is 30.6 Å². The smallest absolute Gasteiger partial charge is 0.0256 e. The molecule has 0 amide bonds. The van der Waals surface area contributed by atoms with Crippen LogP contribution in [0.1, 0.15) is 19.8 Å². The minimum atomic E-state index is 0.556. The summed E-state index contributed by atoms with van der Waals surface area (Å²) in [5.41, 5.74) is 0. The first kappa shape index (κ1) is 9.22. The molecule has 2 aliphatic rings. The van der Waals surface area contributed by atoms with Crippen LogP contribution >= 0.6 is 23.5 Å². The number of nitrogens with one attached hydrogen (secondary N) is 1. The maximum atomic E-state index is 3.66. The first-order chi connectivity index (χ1) is 5.79. The van der Waals surface area contributed by atoms with Crippen LogP contribution in [0, 0.1) is 0 Å². The molecule has 1 nitrogen and oxygen atoms in total. The van der Waals surface area contributed by atoms with Crippen molar-refractivity contribution in [3.05, 3.63) is 0 Å². The molecule has 2 aliphatic heterocycles. The van der Waals surface area contributed by atoms with Crippen molar-refractivity contribution in [1.82, 2.24) is 5.32 Å². The zero-order valence-corrected chi connectivity index (χ0v) is 9.27. The van der Waals surface area contributed by atoms with Gasteiger partial charge in [-0.3, -0.25) is 0 Å². The van der Waals surface area contributed by atoms with Crippen LogP contribution in [0.3, 0.4) is 0 Å². The molecule has 0 aliphatic carbocycles. The van der Waals surface area contributed by atoms with Gasteiger partial charge in [-0.1, -0.05) is 0 Å². The first-order valence-electron chi connectivity index (χ1n) is 4.74. The van der Waals surface area contributed by atoms with Crippen LogP contribution in [0.2, 0.25) is 0 Å². The molecule has 1 N–H and O–H groups in total. The zero-order chi connectivity index (χ0) is 8.44. The van der Waals surface area contributed by atoms with Crippen molar-refractivity contribution in [2.24, 2.45) is 0 Å². The van der Waals surface area contributed by atoms with Crippen molar-refractivity contribution >= 4 is 23.5 Å². The highest BCUT2D eigenvalue weighted by molar-refractivity contribution is 8.01. The number of hydrogen-bond acceptors (Lipinski definition) is 3. The van der Waals surface area contributed by atoms with Gasteiger partial charge < -0.3 is 5.32 Å². The lowest BCUT2D eigenvalue weighted by Gasteiger charge is -2.31. The Labute approximate surface area is 83.4 Å². The van der Waals surface area contributed by atoms with Gasteiger partial charge in [-0.05, 0) is 25.5 Å². The van der Waals surface area contributed by atoms with Crippen molar-refractivity contribution in [2.75, 3.05) is 23.8 Å². The van der Waals surface area contributed by atoms with E-state index in [1.807, 2.05) is 0 Å². The van der Waals surface area contributed by atoms with E-state index in [0.29, 0.717) is 4.75 Å². The Bertz CT molecular complexity index is 151. The fraction of sp³-hybridized carbons (Fsp3) is 1.00. The molecule has 0 radical (unpaired) electrons. The normalized spacial score (nSPS) is 36.8. The molecule has 2 fully saturated rings.